The first kappa shape index (κ1) is 24.0. The zero-order valence-corrected chi connectivity index (χ0v) is 20.5. The molecule has 1 aromatic heterocycles. The number of aryl methyl sites for hydroxylation is 1. The molecule has 0 radical (unpaired) electrons. The smallest absolute Gasteiger partial charge is 0.311 e. The number of esters is 1. The molecule has 4 rings (SSSR count). The van der Waals surface area contributed by atoms with Crippen LogP contribution in [0.1, 0.15) is 34.9 Å². The number of ether oxygens (including phenoxy) is 1. The molecule has 0 spiro atoms. The lowest BCUT2D eigenvalue weighted by molar-refractivity contribution is -0.153. The normalized spacial score (nSPS) is 18.0. The Labute approximate surface area is 207 Å². The Bertz CT molecular complexity index is 1190. The minimum absolute atomic E-state index is 0.0412. The van der Waals surface area contributed by atoms with E-state index in [1.165, 1.54) is 11.3 Å². The summed E-state index contributed by atoms with van der Waals surface area (Å²) < 4.78 is 5.44. The molecule has 1 fully saturated rings. The third-order valence-corrected chi connectivity index (χ3v) is 7.29. The zero-order valence-electron chi connectivity index (χ0n) is 18.9. The Balaban J connectivity index is 1.51. The van der Waals surface area contributed by atoms with Gasteiger partial charge in [-0.1, -0.05) is 41.4 Å². The second kappa shape index (κ2) is 10.4. The summed E-state index contributed by atoms with van der Waals surface area (Å²) >= 11 is 7.60. The van der Waals surface area contributed by atoms with Crippen molar-refractivity contribution in [3.8, 4) is 0 Å². The van der Waals surface area contributed by atoms with Crippen LogP contribution in [0.25, 0.3) is 0 Å². The topological polar surface area (TPSA) is 75.7 Å². The number of benzene rings is 2. The summed E-state index contributed by atoms with van der Waals surface area (Å²) in [6.45, 7) is 3.36. The Morgan fingerprint density at radius 3 is 2.59 bits per heavy atom. The number of hydrogen-bond donors (Lipinski definition) is 1. The Morgan fingerprint density at radius 1 is 1.12 bits per heavy atom. The largest absolute Gasteiger partial charge is 0.455 e. The van der Waals surface area contributed by atoms with Gasteiger partial charge in [0.05, 0.1) is 12.0 Å². The molecule has 2 aromatic carbocycles. The third-order valence-electron chi connectivity index (χ3n) is 5.93. The highest BCUT2D eigenvalue weighted by Gasteiger charge is 2.43. The lowest BCUT2D eigenvalue weighted by Crippen LogP contribution is -2.46. The van der Waals surface area contributed by atoms with Crippen LogP contribution in [-0.2, 0) is 19.1 Å². The molecule has 176 valence electrons. The van der Waals surface area contributed by atoms with Crippen LogP contribution in [0.3, 0.4) is 0 Å². The van der Waals surface area contributed by atoms with E-state index in [1.807, 2.05) is 48.7 Å². The van der Waals surface area contributed by atoms with Gasteiger partial charge in [-0.15, -0.1) is 11.3 Å². The van der Waals surface area contributed by atoms with Gasteiger partial charge in [0.25, 0.3) is 5.91 Å². The third kappa shape index (κ3) is 5.16. The molecule has 0 unspecified atom stereocenters. The molecule has 6 nitrogen and oxygen atoms in total. The van der Waals surface area contributed by atoms with E-state index < -0.39 is 30.4 Å². The molecule has 2 heterocycles. The number of thiophene rings is 1. The molecule has 2 amide bonds. The van der Waals surface area contributed by atoms with E-state index >= 15 is 0 Å². The van der Waals surface area contributed by atoms with E-state index in [4.69, 9.17) is 16.3 Å². The summed E-state index contributed by atoms with van der Waals surface area (Å²) in [5, 5.41) is 5.19. The Kier molecular flexibility index (Phi) is 7.34. The minimum Gasteiger partial charge on any atom is -0.455 e. The maximum absolute atomic E-state index is 13.2. The number of nitrogens with one attached hydrogen (secondary N) is 1. The van der Waals surface area contributed by atoms with Crippen LogP contribution in [0.4, 0.5) is 11.4 Å². The van der Waals surface area contributed by atoms with Crippen molar-refractivity contribution in [2.45, 2.75) is 32.7 Å². The van der Waals surface area contributed by atoms with Crippen LogP contribution >= 0.6 is 22.9 Å². The van der Waals surface area contributed by atoms with E-state index in [2.05, 4.69) is 5.32 Å². The number of nitrogens with zero attached hydrogens (tertiary/aromatic N) is 1. The quantitative estimate of drug-likeness (QED) is 0.445. The molecule has 0 aliphatic carbocycles. The van der Waals surface area contributed by atoms with Crippen molar-refractivity contribution in [3.05, 3.63) is 81.0 Å². The average Bonchev–Trinajstić information content (AvgIpc) is 3.36. The first-order valence-corrected chi connectivity index (χ1v) is 12.2. The molecule has 3 aromatic rings. The molecular formula is C26H25ClN2O4S. The fraction of sp³-hybridized carbons (Fsp3) is 0.269. The van der Waals surface area contributed by atoms with Crippen molar-refractivity contribution in [1.29, 1.82) is 0 Å². The van der Waals surface area contributed by atoms with Crippen molar-refractivity contribution >= 4 is 52.1 Å². The second-order valence-electron chi connectivity index (χ2n) is 8.27. The Hall–Kier alpha value is -3.16. The van der Waals surface area contributed by atoms with Crippen LogP contribution < -0.4 is 10.2 Å². The molecule has 1 saturated heterocycles. The Morgan fingerprint density at radius 2 is 1.88 bits per heavy atom. The van der Waals surface area contributed by atoms with Crippen LogP contribution in [-0.4, -0.2) is 24.4 Å². The van der Waals surface area contributed by atoms with Gasteiger partial charge in [-0.2, -0.15) is 0 Å². The minimum atomic E-state index is -0.585. The van der Waals surface area contributed by atoms with Gasteiger partial charge in [0, 0.05) is 27.7 Å². The number of piperidine rings is 1. The van der Waals surface area contributed by atoms with E-state index in [0.29, 0.717) is 17.1 Å². The number of halogens is 1. The number of hydrogen-bond acceptors (Lipinski definition) is 5. The number of carbonyl (C=O) groups excluding carboxylic acids is 3. The van der Waals surface area contributed by atoms with Gasteiger partial charge in [-0.25, -0.2) is 0 Å². The number of anilines is 2. The highest BCUT2D eigenvalue weighted by molar-refractivity contribution is 7.10. The monoisotopic (exact) mass is 496 g/mol. The van der Waals surface area contributed by atoms with Crippen LogP contribution in [0.5, 0.6) is 0 Å². The van der Waals surface area contributed by atoms with Gasteiger partial charge < -0.3 is 15.0 Å². The van der Waals surface area contributed by atoms with Gasteiger partial charge in [0.2, 0.25) is 5.91 Å². The first-order chi connectivity index (χ1) is 16.3. The van der Waals surface area contributed by atoms with Crippen molar-refractivity contribution in [2.75, 3.05) is 16.8 Å². The predicted molar refractivity (Wildman–Crippen MR) is 134 cm³/mol. The number of amides is 2. The molecule has 0 saturated carbocycles. The molecule has 1 N–H and O–H groups in total. The molecule has 8 heteroatoms. The van der Waals surface area contributed by atoms with Gasteiger partial charge in [0.1, 0.15) is 0 Å². The van der Waals surface area contributed by atoms with E-state index in [1.54, 1.807) is 30.0 Å². The standard InChI is InChI=1S/C26H25ClN2O4S/c1-16-8-10-18(11-9-16)29-24(31)13-12-19(25(29)22-7-4-14-34-22)26(32)33-15-23(30)28-21-6-3-5-20(27)17(21)2/h3-11,14,19,25H,12-13,15H2,1-2H3,(H,28,30)/t19-,25+/m1/s1. The lowest BCUT2D eigenvalue weighted by Gasteiger charge is -2.39. The van der Waals surface area contributed by atoms with Crippen molar-refractivity contribution in [2.24, 2.45) is 5.92 Å². The average molecular weight is 497 g/mol. The van der Waals surface area contributed by atoms with Gasteiger partial charge >= 0.3 is 5.97 Å². The summed E-state index contributed by atoms with van der Waals surface area (Å²) in [4.78, 5) is 41.2. The zero-order chi connectivity index (χ0) is 24.2. The van der Waals surface area contributed by atoms with E-state index in [9.17, 15) is 14.4 Å². The predicted octanol–water partition coefficient (Wildman–Crippen LogP) is 5.68. The maximum Gasteiger partial charge on any atom is 0.311 e. The summed E-state index contributed by atoms with van der Waals surface area (Å²) in [5.74, 6) is -1.58. The number of carbonyl (C=O) groups is 3. The van der Waals surface area contributed by atoms with Crippen LogP contribution in [0.15, 0.2) is 60.0 Å². The highest BCUT2D eigenvalue weighted by atomic mass is 35.5. The van der Waals surface area contributed by atoms with Gasteiger partial charge in [0.15, 0.2) is 6.61 Å². The molecule has 0 bridgehead atoms. The van der Waals surface area contributed by atoms with E-state index in [-0.39, 0.29) is 12.3 Å². The van der Waals surface area contributed by atoms with Crippen molar-refractivity contribution in [3.63, 3.8) is 0 Å². The van der Waals surface area contributed by atoms with Gasteiger partial charge in [-0.3, -0.25) is 14.4 Å². The summed E-state index contributed by atoms with van der Waals surface area (Å²) in [7, 11) is 0. The van der Waals surface area contributed by atoms with E-state index in [0.717, 1.165) is 21.7 Å². The van der Waals surface area contributed by atoms with Gasteiger partial charge in [-0.05, 0) is 61.5 Å². The fourth-order valence-electron chi connectivity index (χ4n) is 4.11. The van der Waals surface area contributed by atoms with Crippen molar-refractivity contribution in [1.82, 2.24) is 0 Å². The van der Waals surface area contributed by atoms with Crippen LogP contribution in [0, 0.1) is 19.8 Å². The lowest BCUT2D eigenvalue weighted by atomic mass is 9.87. The summed E-state index contributed by atoms with van der Waals surface area (Å²) in [6, 6.07) is 16.2. The number of rotatable bonds is 6. The fourth-order valence-corrected chi connectivity index (χ4v) is 5.16. The SMILES string of the molecule is Cc1ccc(N2C(=O)CC[C@@H](C(=O)OCC(=O)Nc3cccc(Cl)c3C)[C@H]2c2cccs2)cc1. The maximum atomic E-state index is 13.2. The summed E-state index contributed by atoms with van der Waals surface area (Å²) in [6.07, 6.45) is 0.584. The first-order valence-electron chi connectivity index (χ1n) is 11.0. The van der Waals surface area contributed by atoms with Crippen LogP contribution in [0.2, 0.25) is 5.02 Å². The summed E-state index contributed by atoms with van der Waals surface area (Å²) in [5.41, 5.74) is 3.12. The molecule has 34 heavy (non-hydrogen) atoms. The molecule has 2 atom stereocenters. The molecular weight excluding hydrogens is 472 g/mol. The molecule has 1 aliphatic heterocycles. The highest BCUT2D eigenvalue weighted by Crippen LogP contribution is 2.42. The van der Waals surface area contributed by atoms with Crippen molar-refractivity contribution < 1.29 is 19.1 Å². The second-order valence-corrected chi connectivity index (χ2v) is 9.66. The molecule has 1 aliphatic rings.